The van der Waals surface area contributed by atoms with Crippen molar-refractivity contribution in [3.63, 3.8) is 0 Å². The largest absolute Gasteiger partial charge is 0.384 e. The minimum Gasteiger partial charge on any atom is -0.384 e. The molecule has 30 heavy (non-hydrogen) atoms. The Bertz CT molecular complexity index is 1260. The number of aromatic nitrogens is 5. The van der Waals surface area contributed by atoms with Crippen LogP contribution in [0.15, 0.2) is 52.0 Å². The Morgan fingerprint density at radius 1 is 1.17 bits per heavy atom. The lowest BCUT2D eigenvalue weighted by Gasteiger charge is -2.09. The van der Waals surface area contributed by atoms with Crippen molar-refractivity contribution >= 4 is 16.9 Å². The zero-order valence-electron chi connectivity index (χ0n) is 16.4. The summed E-state index contributed by atoms with van der Waals surface area (Å²) in [6.45, 7) is 2.72. The highest BCUT2D eigenvalue weighted by Crippen LogP contribution is 2.37. The Morgan fingerprint density at radius 3 is 2.83 bits per heavy atom. The number of benzene rings is 1. The fourth-order valence-corrected chi connectivity index (χ4v) is 3.64. The molecule has 0 unspecified atom stereocenters. The third kappa shape index (κ3) is 3.43. The van der Waals surface area contributed by atoms with Crippen LogP contribution in [-0.2, 0) is 11.3 Å². The summed E-state index contributed by atoms with van der Waals surface area (Å²) in [5.41, 5.74) is 8.09. The summed E-state index contributed by atoms with van der Waals surface area (Å²) < 4.78 is 12.7. The van der Waals surface area contributed by atoms with Crippen LogP contribution in [0.1, 0.15) is 41.3 Å². The van der Waals surface area contributed by atoms with Crippen LogP contribution in [0.2, 0.25) is 0 Å². The Hall–Kier alpha value is -3.59. The fraction of sp³-hybridized carbons (Fsp3) is 0.286. The van der Waals surface area contributed by atoms with Gasteiger partial charge in [0, 0.05) is 5.92 Å². The fourth-order valence-electron chi connectivity index (χ4n) is 3.64. The second kappa shape index (κ2) is 7.34. The van der Waals surface area contributed by atoms with Gasteiger partial charge in [0.05, 0.1) is 18.1 Å². The van der Waals surface area contributed by atoms with Gasteiger partial charge in [0.25, 0.3) is 5.56 Å². The number of aryl methyl sites for hydroxylation is 1. The van der Waals surface area contributed by atoms with Gasteiger partial charge >= 0.3 is 0 Å². The summed E-state index contributed by atoms with van der Waals surface area (Å²) in [6.07, 6.45) is 2.21. The number of ether oxygens (including phenoxy) is 1. The van der Waals surface area contributed by atoms with Gasteiger partial charge in [0.1, 0.15) is 18.7 Å². The molecule has 4 aromatic rings. The molecule has 0 amide bonds. The van der Waals surface area contributed by atoms with Crippen molar-refractivity contribution in [2.45, 2.75) is 31.9 Å². The molecule has 5 rings (SSSR count). The molecule has 0 spiro atoms. The maximum Gasteiger partial charge on any atom is 0.263 e. The first-order valence-electron chi connectivity index (χ1n) is 9.69. The number of anilines is 1. The molecule has 1 saturated heterocycles. The number of nitrogen functional groups attached to an aromatic ring is 1. The summed E-state index contributed by atoms with van der Waals surface area (Å²) >= 11 is 0. The third-order valence-electron chi connectivity index (χ3n) is 5.31. The summed E-state index contributed by atoms with van der Waals surface area (Å²) in [7, 11) is 0. The van der Waals surface area contributed by atoms with E-state index in [-0.39, 0.29) is 24.1 Å². The molecule has 1 aliphatic heterocycles. The quantitative estimate of drug-likeness (QED) is 0.550. The van der Waals surface area contributed by atoms with Crippen molar-refractivity contribution in [3.05, 3.63) is 75.9 Å². The topological polar surface area (TPSA) is 122 Å². The van der Waals surface area contributed by atoms with E-state index >= 15 is 0 Å². The van der Waals surface area contributed by atoms with Gasteiger partial charge in [-0.1, -0.05) is 35.0 Å². The predicted molar refractivity (Wildman–Crippen MR) is 109 cm³/mol. The van der Waals surface area contributed by atoms with Gasteiger partial charge in [-0.25, -0.2) is 9.97 Å². The maximum absolute atomic E-state index is 12.7. The molecule has 0 bridgehead atoms. The summed E-state index contributed by atoms with van der Waals surface area (Å²) in [4.78, 5) is 25.4. The zero-order valence-corrected chi connectivity index (χ0v) is 16.4. The first-order chi connectivity index (χ1) is 14.6. The Morgan fingerprint density at radius 2 is 2.00 bits per heavy atom. The molecule has 2 N–H and O–H groups in total. The average Bonchev–Trinajstić information content (AvgIpc) is 3.40. The molecule has 9 nitrogen and oxygen atoms in total. The van der Waals surface area contributed by atoms with Crippen molar-refractivity contribution < 1.29 is 9.26 Å². The van der Waals surface area contributed by atoms with E-state index in [1.807, 2.05) is 0 Å². The predicted octanol–water partition coefficient (Wildman–Crippen LogP) is 2.36. The van der Waals surface area contributed by atoms with Gasteiger partial charge < -0.3 is 15.0 Å². The maximum atomic E-state index is 12.7. The molecule has 9 heteroatoms. The van der Waals surface area contributed by atoms with Gasteiger partial charge in [0.15, 0.2) is 11.5 Å². The van der Waals surface area contributed by atoms with Crippen LogP contribution < -0.4 is 11.3 Å². The molecular formula is C21H20N6O3. The standard InChI is InChI=1S/C21H20N6O3/c1-12-2-4-13(5-3-12)16-8-14(10-29-16)19-25-18(30-26-19)9-27-11-23-20-15(21(27)28)6-7-17(22)24-20/h2-7,11,14,16H,8-10H2,1H3,(H2,22,24)/t14-,16+/m0/s1. The van der Waals surface area contributed by atoms with Gasteiger partial charge in [-0.05, 0) is 31.0 Å². The molecule has 2 atom stereocenters. The molecular weight excluding hydrogens is 384 g/mol. The number of fused-ring (bicyclic) bond motifs is 1. The number of hydrogen-bond acceptors (Lipinski definition) is 8. The Labute approximate surface area is 171 Å². The lowest BCUT2D eigenvalue weighted by molar-refractivity contribution is 0.110. The molecule has 0 aliphatic carbocycles. The van der Waals surface area contributed by atoms with E-state index in [1.165, 1.54) is 16.5 Å². The monoisotopic (exact) mass is 404 g/mol. The van der Waals surface area contributed by atoms with Gasteiger partial charge in [-0.2, -0.15) is 4.98 Å². The minimum absolute atomic E-state index is 0.0183. The highest BCUT2D eigenvalue weighted by Gasteiger charge is 2.31. The van der Waals surface area contributed by atoms with Crippen molar-refractivity contribution in [3.8, 4) is 0 Å². The van der Waals surface area contributed by atoms with E-state index in [0.29, 0.717) is 35.2 Å². The summed E-state index contributed by atoms with van der Waals surface area (Å²) in [5, 5.41) is 4.50. The van der Waals surface area contributed by atoms with Gasteiger partial charge in [-0.15, -0.1) is 0 Å². The van der Waals surface area contributed by atoms with Crippen LogP contribution in [0.4, 0.5) is 5.82 Å². The van der Waals surface area contributed by atoms with E-state index in [9.17, 15) is 4.79 Å². The first kappa shape index (κ1) is 18.4. The van der Waals surface area contributed by atoms with Crippen LogP contribution in [-0.4, -0.2) is 31.3 Å². The van der Waals surface area contributed by atoms with Crippen LogP contribution in [0.25, 0.3) is 11.0 Å². The number of rotatable bonds is 4. The van der Waals surface area contributed by atoms with Crippen molar-refractivity contribution in [1.29, 1.82) is 0 Å². The van der Waals surface area contributed by atoms with Crippen molar-refractivity contribution in [2.75, 3.05) is 12.3 Å². The molecule has 1 fully saturated rings. The lowest BCUT2D eigenvalue weighted by atomic mass is 9.99. The molecule has 0 radical (unpaired) electrons. The van der Waals surface area contributed by atoms with Crippen molar-refractivity contribution in [2.24, 2.45) is 0 Å². The Kier molecular flexibility index (Phi) is 4.51. The first-order valence-corrected chi connectivity index (χ1v) is 9.69. The molecule has 152 valence electrons. The SMILES string of the molecule is Cc1ccc([C@H]2C[C@H](c3noc(Cn4cnc5nc(N)ccc5c4=O)n3)CO2)cc1. The highest BCUT2D eigenvalue weighted by molar-refractivity contribution is 5.74. The number of nitrogens with zero attached hydrogens (tertiary/aromatic N) is 5. The number of hydrogen-bond donors (Lipinski definition) is 1. The van der Waals surface area contributed by atoms with E-state index in [0.717, 1.165) is 12.0 Å². The van der Waals surface area contributed by atoms with E-state index in [2.05, 4.69) is 51.3 Å². The second-order valence-electron chi connectivity index (χ2n) is 7.50. The molecule has 4 heterocycles. The molecule has 1 aliphatic rings. The smallest absolute Gasteiger partial charge is 0.263 e. The highest BCUT2D eigenvalue weighted by atomic mass is 16.5. The van der Waals surface area contributed by atoms with Crippen LogP contribution in [0.5, 0.6) is 0 Å². The summed E-state index contributed by atoms with van der Waals surface area (Å²) in [6, 6.07) is 11.5. The molecule has 3 aromatic heterocycles. The van der Waals surface area contributed by atoms with Crippen LogP contribution in [0, 0.1) is 6.92 Å². The second-order valence-corrected chi connectivity index (χ2v) is 7.50. The molecule has 0 saturated carbocycles. The van der Waals surface area contributed by atoms with Crippen LogP contribution in [0.3, 0.4) is 0 Å². The molecule has 1 aromatic carbocycles. The van der Waals surface area contributed by atoms with Crippen LogP contribution >= 0.6 is 0 Å². The zero-order chi connectivity index (χ0) is 20.7. The van der Waals surface area contributed by atoms with E-state index in [4.69, 9.17) is 15.0 Å². The number of pyridine rings is 1. The van der Waals surface area contributed by atoms with Gasteiger partial charge in [0.2, 0.25) is 5.89 Å². The number of nitrogens with two attached hydrogens (primary N) is 1. The average molecular weight is 404 g/mol. The summed E-state index contributed by atoms with van der Waals surface area (Å²) in [5.74, 6) is 1.30. The lowest BCUT2D eigenvalue weighted by Crippen LogP contribution is -2.21. The van der Waals surface area contributed by atoms with Gasteiger partial charge in [-0.3, -0.25) is 9.36 Å². The minimum atomic E-state index is -0.240. The Balaban J connectivity index is 1.32. The van der Waals surface area contributed by atoms with E-state index in [1.54, 1.807) is 12.1 Å². The van der Waals surface area contributed by atoms with Crippen molar-refractivity contribution in [1.82, 2.24) is 24.7 Å². The van der Waals surface area contributed by atoms with E-state index < -0.39 is 0 Å². The normalized spacial score (nSPS) is 18.8. The third-order valence-corrected chi connectivity index (χ3v) is 5.31.